The Labute approximate surface area is 90.6 Å². The summed E-state index contributed by atoms with van der Waals surface area (Å²) in [4.78, 5) is 0. The molecule has 0 radical (unpaired) electrons. The Kier molecular flexibility index (Phi) is 3.12. The number of hydrogen-bond donors (Lipinski definition) is 1. The van der Waals surface area contributed by atoms with Crippen LogP contribution < -0.4 is 5.73 Å². The molecule has 0 spiro atoms. The molecular weight excluding hydrogens is 190 g/mol. The van der Waals surface area contributed by atoms with E-state index in [2.05, 4.69) is 0 Å². The molecule has 0 saturated heterocycles. The second-order valence-electron chi connectivity index (χ2n) is 4.24. The van der Waals surface area contributed by atoms with Crippen LogP contribution in [0.25, 0.3) is 0 Å². The molecular formula is C12H19NO2. The van der Waals surface area contributed by atoms with Crippen LogP contribution >= 0.6 is 0 Å². The summed E-state index contributed by atoms with van der Waals surface area (Å²) in [5.41, 5.74) is 7.17. The smallest absolute Gasteiger partial charge is 0.0951 e. The maximum Gasteiger partial charge on any atom is 0.0951 e. The Morgan fingerprint density at radius 2 is 2.27 bits per heavy atom. The van der Waals surface area contributed by atoms with E-state index in [0.717, 1.165) is 25.0 Å². The third-order valence-corrected chi connectivity index (χ3v) is 3.35. The van der Waals surface area contributed by atoms with E-state index in [1.54, 1.807) is 12.5 Å². The molecule has 84 valence electrons. The zero-order chi connectivity index (χ0) is 10.7. The first kappa shape index (κ1) is 10.7. The van der Waals surface area contributed by atoms with Gasteiger partial charge in [0.05, 0.1) is 24.2 Å². The Balaban J connectivity index is 2.17. The van der Waals surface area contributed by atoms with Crippen molar-refractivity contribution in [3.8, 4) is 0 Å². The van der Waals surface area contributed by atoms with Crippen LogP contribution in [0.2, 0.25) is 0 Å². The number of nitrogens with two attached hydrogens (primary N) is 1. The Bertz CT molecular complexity index is 289. The number of rotatable bonds is 4. The van der Waals surface area contributed by atoms with E-state index in [1.165, 1.54) is 12.8 Å². The lowest BCUT2D eigenvalue weighted by molar-refractivity contribution is -0.0537. The minimum Gasteiger partial charge on any atom is -0.472 e. The van der Waals surface area contributed by atoms with Crippen LogP contribution in [0.5, 0.6) is 0 Å². The maximum atomic E-state index is 6.28. The SMILES string of the molecule is CCOC1(C(N)c2ccoc2)CCCC1. The molecule has 2 N–H and O–H groups in total. The first-order chi connectivity index (χ1) is 7.28. The van der Waals surface area contributed by atoms with Gasteiger partial charge in [-0.1, -0.05) is 12.8 Å². The van der Waals surface area contributed by atoms with Gasteiger partial charge in [0, 0.05) is 12.2 Å². The number of ether oxygens (including phenoxy) is 1. The van der Waals surface area contributed by atoms with Crippen LogP contribution in [-0.2, 0) is 4.74 Å². The summed E-state index contributed by atoms with van der Waals surface area (Å²) < 4.78 is 11.0. The molecule has 15 heavy (non-hydrogen) atoms. The zero-order valence-corrected chi connectivity index (χ0v) is 9.24. The summed E-state index contributed by atoms with van der Waals surface area (Å²) in [6.07, 6.45) is 7.95. The van der Waals surface area contributed by atoms with E-state index >= 15 is 0 Å². The van der Waals surface area contributed by atoms with Crippen LogP contribution in [-0.4, -0.2) is 12.2 Å². The zero-order valence-electron chi connectivity index (χ0n) is 9.24. The molecule has 3 heteroatoms. The predicted molar refractivity (Wildman–Crippen MR) is 58.5 cm³/mol. The van der Waals surface area contributed by atoms with Crippen molar-refractivity contribution in [2.75, 3.05) is 6.61 Å². The fraction of sp³-hybridized carbons (Fsp3) is 0.667. The van der Waals surface area contributed by atoms with Gasteiger partial charge in [-0.15, -0.1) is 0 Å². The van der Waals surface area contributed by atoms with Crippen molar-refractivity contribution in [1.29, 1.82) is 0 Å². The highest BCUT2D eigenvalue weighted by Crippen LogP contribution is 2.41. The quantitative estimate of drug-likeness (QED) is 0.829. The standard InChI is InChI=1S/C12H19NO2/c1-2-15-12(6-3-4-7-12)11(13)10-5-8-14-9-10/h5,8-9,11H,2-4,6-7,13H2,1H3. The average molecular weight is 209 g/mol. The third kappa shape index (κ3) is 1.94. The Hall–Kier alpha value is -0.800. The topological polar surface area (TPSA) is 48.4 Å². The highest BCUT2D eigenvalue weighted by atomic mass is 16.5. The van der Waals surface area contributed by atoms with Gasteiger partial charge in [-0.25, -0.2) is 0 Å². The Morgan fingerprint density at radius 1 is 1.53 bits per heavy atom. The van der Waals surface area contributed by atoms with Crippen LogP contribution in [0.1, 0.15) is 44.2 Å². The highest BCUT2D eigenvalue weighted by Gasteiger charge is 2.41. The molecule has 1 aliphatic carbocycles. The van der Waals surface area contributed by atoms with Crippen molar-refractivity contribution in [3.63, 3.8) is 0 Å². The van der Waals surface area contributed by atoms with E-state index in [1.807, 2.05) is 13.0 Å². The van der Waals surface area contributed by atoms with Crippen molar-refractivity contribution < 1.29 is 9.15 Å². The van der Waals surface area contributed by atoms with Crippen LogP contribution in [0, 0.1) is 0 Å². The summed E-state index contributed by atoms with van der Waals surface area (Å²) >= 11 is 0. The van der Waals surface area contributed by atoms with E-state index < -0.39 is 0 Å². The van der Waals surface area contributed by atoms with Gasteiger partial charge < -0.3 is 14.9 Å². The molecule has 1 atom stereocenters. The second kappa shape index (κ2) is 4.37. The van der Waals surface area contributed by atoms with Crippen molar-refractivity contribution in [1.82, 2.24) is 0 Å². The summed E-state index contributed by atoms with van der Waals surface area (Å²) in [6, 6.07) is 1.88. The molecule has 1 fully saturated rings. The van der Waals surface area contributed by atoms with Gasteiger partial charge >= 0.3 is 0 Å². The molecule has 2 rings (SSSR count). The number of hydrogen-bond acceptors (Lipinski definition) is 3. The molecule has 1 saturated carbocycles. The Morgan fingerprint density at radius 3 is 2.80 bits per heavy atom. The van der Waals surface area contributed by atoms with Gasteiger partial charge in [-0.3, -0.25) is 0 Å². The van der Waals surface area contributed by atoms with Gasteiger partial charge in [0.1, 0.15) is 0 Å². The largest absolute Gasteiger partial charge is 0.472 e. The van der Waals surface area contributed by atoms with Crippen LogP contribution in [0.4, 0.5) is 0 Å². The minimum atomic E-state index is -0.154. The third-order valence-electron chi connectivity index (χ3n) is 3.35. The van der Waals surface area contributed by atoms with Crippen molar-refractivity contribution in [3.05, 3.63) is 24.2 Å². The van der Waals surface area contributed by atoms with E-state index in [-0.39, 0.29) is 11.6 Å². The second-order valence-corrected chi connectivity index (χ2v) is 4.24. The molecule has 0 bridgehead atoms. The molecule has 0 amide bonds. The number of furan rings is 1. The summed E-state index contributed by atoms with van der Waals surface area (Å²) in [5.74, 6) is 0. The van der Waals surface area contributed by atoms with Crippen molar-refractivity contribution in [2.24, 2.45) is 5.73 Å². The van der Waals surface area contributed by atoms with Crippen LogP contribution in [0.3, 0.4) is 0 Å². The van der Waals surface area contributed by atoms with E-state index in [9.17, 15) is 0 Å². The summed E-state index contributed by atoms with van der Waals surface area (Å²) in [6.45, 7) is 2.76. The lowest BCUT2D eigenvalue weighted by Crippen LogP contribution is -2.41. The molecule has 0 aromatic carbocycles. The summed E-state index contributed by atoms with van der Waals surface area (Å²) in [5, 5.41) is 0. The molecule has 0 aliphatic heterocycles. The monoisotopic (exact) mass is 209 g/mol. The molecule has 1 aromatic rings. The first-order valence-corrected chi connectivity index (χ1v) is 5.70. The molecule has 1 aromatic heterocycles. The lowest BCUT2D eigenvalue weighted by Gasteiger charge is -2.34. The fourth-order valence-electron chi connectivity index (χ4n) is 2.56. The maximum absolute atomic E-state index is 6.28. The average Bonchev–Trinajstić information content (AvgIpc) is 2.88. The first-order valence-electron chi connectivity index (χ1n) is 5.70. The normalized spacial score (nSPS) is 21.7. The molecule has 3 nitrogen and oxygen atoms in total. The molecule has 1 heterocycles. The molecule has 1 aliphatic rings. The van der Waals surface area contributed by atoms with E-state index in [4.69, 9.17) is 14.9 Å². The highest BCUT2D eigenvalue weighted by molar-refractivity contribution is 5.17. The van der Waals surface area contributed by atoms with Crippen molar-refractivity contribution >= 4 is 0 Å². The van der Waals surface area contributed by atoms with Gasteiger partial charge in [0.2, 0.25) is 0 Å². The molecule has 1 unspecified atom stereocenters. The summed E-state index contributed by atoms with van der Waals surface area (Å²) in [7, 11) is 0. The van der Waals surface area contributed by atoms with Gasteiger partial charge in [0.15, 0.2) is 0 Å². The lowest BCUT2D eigenvalue weighted by atomic mass is 9.88. The van der Waals surface area contributed by atoms with E-state index in [0.29, 0.717) is 0 Å². The minimum absolute atomic E-state index is 0.0568. The van der Waals surface area contributed by atoms with Gasteiger partial charge in [-0.05, 0) is 25.8 Å². The predicted octanol–water partition coefficient (Wildman–Crippen LogP) is 2.63. The van der Waals surface area contributed by atoms with Crippen molar-refractivity contribution in [2.45, 2.75) is 44.2 Å². The van der Waals surface area contributed by atoms with Gasteiger partial charge in [-0.2, -0.15) is 0 Å². The fourth-order valence-corrected chi connectivity index (χ4v) is 2.56. The van der Waals surface area contributed by atoms with Crippen LogP contribution in [0.15, 0.2) is 23.0 Å². The van der Waals surface area contributed by atoms with Gasteiger partial charge in [0.25, 0.3) is 0 Å².